The second-order valence-electron chi connectivity index (χ2n) is 7.65. The molecule has 1 saturated heterocycles. The van der Waals surface area contributed by atoms with Crippen LogP contribution in [0, 0.1) is 6.92 Å². The van der Waals surface area contributed by atoms with E-state index in [0.29, 0.717) is 23.8 Å². The van der Waals surface area contributed by atoms with Gasteiger partial charge in [-0.25, -0.2) is 4.98 Å². The number of nitrogens with one attached hydrogen (secondary N) is 1. The van der Waals surface area contributed by atoms with Gasteiger partial charge in [0.05, 0.1) is 0 Å². The van der Waals surface area contributed by atoms with Crippen molar-refractivity contribution in [3.05, 3.63) is 76.8 Å². The van der Waals surface area contributed by atoms with Crippen LogP contribution >= 0.6 is 11.6 Å². The molecule has 30 heavy (non-hydrogen) atoms. The van der Waals surface area contributed by atoms with Crippen molar-refractivity contribution in [2.45, 2.75) is 32.2 Å². The van der Waals surface area contributed by atoms with Gasteiger partial charge in [0.15, 0.2) is 5.89 Å². The highest BCUT2D eigenvalue weighted by Crippen LogP contribution is 2.26. The van der Waals surface area contributed by atoms with Crippen molar-refractivity contribution in [3.63, 3.8) is 0 Å². The fraction of sp³-hybridized carbons (Fsp3) is 0.333. The molecule has 1 aliphatic rings. The van der Waals surface area contributed by atoms with Crippen molar-refractivity contribution in [1.82, 2.24) is 15.2 Å². The number of carbonyl (C=O) groups excluding carboxylic acids is 1. The molecule has 0 unspecified atom stereocenters. The number of amides is 1. The largest absolute Gasteiger partial charge is 0.445 e. The van der Waals surface area contributed by atoms with Crippen LogP contribution in [0.3, 0.4) is 0 Å². The summed E-state index contributed by atoms with van der Waals surface area (Å²) in [5.41, 5.74) is 2.99. The van der Waals surface area contributed by atoms with E-state index in [1.165, 1.54) is 5.56 Å². The third-order valence-corrected chi connectivity index (χ3v) is 5.72. The van der Waals surface area contributed by atoms with Crippen LogP contribution in [0.4, 0.5) is 0 Å². The van der Waals surface area contributed by atoms with E-state index in [0.717, 1.165) is 43.1 Å². The molecule has 2 aromatic carbocycles. The Morgan fingerprint density at radius 1 is 1.20 bits per heavy atom. The van der Waals surface area contributed by atoms with E-state index in [-0.39, 0.29) is 11.9 Å². The summed E-state index contributed by atoms with van der Waals surface area (Å²) in [7, 11) is 0. The molecule has 0 spiro atoms. The van der Waals surface area contributed by atoms with Gasteiger partial charge in [0.2, 0.25) is 5.91 Å². The van der Waals surface area contributed by atoms with Crippen LogP contribution in [0.25, 0.3) is 11.3 Å². The third-order valence-electron chi connectivity index (χ3n) is 5.47. The van der Waals surface area contributed by atoms with Crippen LogP contribution in [0.5, 0.6) is 0 Å². The second-order valence-corrected chi connectivity index (χ2v) is 8.08. The smallest absolute Gasteiger partial charge is 0.223 e. The van der Waals surface area contributed by atoms with Gasteiger partial charge in [0.1, 0.15) is 11.5 Å². The maximum absolute atomic E-state index is 13.1. The number of oxazole rings is 1. The first-order valence-electron chi connectivity index (χ1n) is 10.4. The minimum Gasteiger partial charge on any atom is -0.445 e. The lowest BCUT2D eigenvalue weighted by molar-refractivity contribution is -0.134. The zero-order valence-corrected chi connectivity index (χ0v) is 17.9. The van der Waals surface area contributed by atoms with Crippen molar-refractivity contribution >= 4 is 17.5 Å². The molecule has 6 heteroatoms. The molecule has 0 bridgehead atoms. The molecule has 4 rings (SSSR count). The summed E-state index contributed by atoms with van der Waals surface area (Å²) < 4.78 is 5.83. The molecule has 1 fully saturated rings. The quantitative estimate of drug-likeness (QED) is 0.642. The molecule has 0 aliphatic carbocycles. The van der Waals surface area contributed by atoms with E-state index >= 15 is 0 Å². The van der Waals surface area contributed by atoms with Crippen LogP contribution in [-0.2, 0) is 17.6 Å². The Labute approximate surface area is 182 Å². The predicted molar refractivity (Wildman–Crippen MR) is 119 cm³/mol. The molecule has 1 N–H and O–H groups in total. The number of halogens is 1. The number of hydrogen-bond acceptors (Lipinski definition) is 4. The SMILES string of the molecule is Cc1nc(-c2ccc(Cl)cc2)c(CCC(=O)N2CCNC[C@H]2Cc2ccccc2)o1. The summed E-state index contributed by atoms with van der Waals surface area (Å²) in [5.74, 6) is 1.51. The zero-order chi connectivity index (χ0) is 20.9. The topological polar surface area (TPSA) is 58.4 Å². The Kier molecular flexibility index (Phi) is 6.50. The van der Waals surface area contributed by atoms with Crippen molar-refractivity contribution in [2.24, 2.45) is 0 Å². The zero-order valence-electron chi connectivity index (χ0n) is 17.1. The second kappa shape index (κ2) is 9.45. The molecular weight excluding hydrogens is 398 g/mol. The van der Waals surface area contributed by atoms with Gasteiger partial charge < -0.3 is 14.6 Å². The first-order chi connectivity index (χ1) is 14.6. The Balaban J connectivity index is 1.44. The number of aryl methyl sites for hydroxylation is 2. The average Bonchev–Trinajstić information content (AvgIpc) is 3.14. The fourth-order valence-corrected chi connectivity index (χ4v) is 4.12. The normalized spacial score (nSPS) is 16.6. The van der Waals surface area contributed by atoms with Gasteiger partial charge in [-0.1, -0.05) is 54.1 Å². The van der Waals surface area contributed by atoms with E-state index < -0.39 is 0 Å². The number of nitrogens with zero attached hydrogens (tertiary/aromatic N) is 2. The Bertz CT molecular complexity index is 985. The predicted octanol–water partition coefficient (Wildman–Crippen LogP) is 4.28. The summed E-state index contributed by atoms with van der Waals surface area (Å²) in [5, 5.41) is 4.10. The molecule has 1 amide bonds. The van der Waals surface area contributed by atoms with E-state index in [1.54, 1.807) is 0 Å². The maximum atomic E-state index is 13.1. The molecule has 156 valence electrons. The summed E-state index contributed by atoms with van der Waals surface area (Å²) in [6.45, 7) is 4.21. The number of piperazine rings is 1. The average molecular weight is 424 g/mol. The first-order valence-corrected chi connectivity index (χ1v) is 10.7. The minimum atomic E-state index is 0.161. The third kappa shape index (κ3) is 4.91. The number of aromatic nitrogens is 1. The van der Waals surface area contributed by atoms with Crippen molar-refractivity contribution in [3.8, 4) is 11.3 Å². The number of carbonyl (C=O) groups is 1. The molecule has 1 aliphatic heterocycles. The molecular formula is C24H26ClN3O2. The lowest BCUT2D eigenvalue weighted by atomic mass is 10.0. The highest BCUT2D eigenvalue weighted by atomic mass is 35.5. The molecule has 3 aromatic rings. The molecule has 2 heterocycles. The van der Waals surface area contributed by atoms with Gasteiger partial charge in [-0.15, -0.1) is 0 Å². The van der Waals surface area contributed by atoms with Gasteiger partial charge in [-0.3, -0.25) is 4.79 Å². The van der Waals surface area contributed by atoms with E-state index in [1.807, 2.05) is 54.3 Å². The maximum Gasteiger partial charge on any atom is 0.223 e. The summed E-state index contributed by atoms with van der Waals surface area (Å²) in [6.07, 6.45) is 1.79. The summed E-state index contributed by atoms with van der Waals surface area (Å²) in [4.78, 5) is 19.6. The van der Waals surface area contributed by atoms with Gasteiger partial charge in [-0.05, 0) is 24.1 Å². The minimum absolute atomic E-state index is 0.161. The van der Waals surface area contributed by atoms with Crippen LogP contribution in [0.1, 0.15) is 23.6 Å². The van der Waals surface area contributed by atoms with Crippen molar-refractivity contribution in [2.75, 3.05) is 19.6 Å². The molecule has 1 aromatic heterocycles. The molecule has 1 atom stereocenters. The van der Waals surface area contributed by atoms with E-state index in [9.17, 15) is 4.79 Å². The summed E-state index contributed by atoms with van der Waals surface area (Å²) in [6, 6.07) is 18.0. The van der Waals surface area contributed by atoms with Gasteiger partial charge >= 0.3 is 0 Å². The molecule has 0 radical (unpaired) electrons. The number of benzene rings is 2. The fourth-order valence-electron chi connectivity index (χ4n) is 3.99. The monoisotopic (exact) mass is 423 g/mol. The first kappa shape index (κ1) is 20.6. The van der Waals surface area contributed by atoms with Gasteiger partial charge in [-0.2, -0.15) is 0 Å². The Hall–Kier alpha value is -2.63. The lowest BCUT2D eigenvalue weighted by Crippen LogP contribution is -2.54. The molecule has 5 nitrogen and oxygen atoms in total. The van der Waals surface area contributed by atoms with Gasteiger partial charge in [0.25, 0.3) is 0 Å². The molecule has 0 saturated carbocycles. The van der Waals surface area contributed by atoms with Crippen molar-refractivity contribution < 1.29 is 9.21 Å². The number of hydrogen-bond donors (Lipinski definition) is 1. The Morgan fingerprint density at radius 3 is 2.73 bits per heavy atom. The van der Waals surface area contributed by atoms with E-state index in [2.05, 4.69) is 22.4 Å². The Morgan fingerprint density at radius 2 is 1.97 bits per heavy atom. The lowest BCUT2D eigenvalue weighted by Gasteiger charge is -2.36. The highest BCUT2D eigenvalue weighted by molar-refractivity contribution is 6.30. The van der Waals surface area contributed by atoms with Crippen LogP contribution in [0.15, 0.2) is 59.0 Å². The van der Waals surface area contributed by atoms with Crippen LogP contribution in [-0.4, -0.2) is 41.5 Å². The van der Waals surface area contributed by atoms with Crippen LogP contribution < -0.4 is 5.32 Å². The van der Waals surface area contributed by atoms with Crippen molar-refractivity contribution in [1.29, 1.82) is 0 Å². The highest BCUT2D eigenvalue weighted by Gasteiger charge is 2.27. The summed E-state index contributed by atoms with van der Waals surface area (Å²) >= 11 is 6.01. The van der Waals surface area contributed by atoms with Gasteiger partial charge in [0, 0.05) is 56.0 Å². The van der Waals surface area contributed by atoms with E-state index in [4.69, 9.17) is 16.0 Å². The van der Waals surface area contributed by atoms with Crippen LogP contribution in [0.2, 0.25) is 5.02 Å². The standard InChI is InChI=1S/C24H26ClN3O2/c1-17-27-24(19-7-9-20(25)10-8-19)22(30-17)11-12-23(29)28-14-13-26-16-21(28)15-18-5-3-2-4-6-18/h2-10,21,26H,11-16H2,1H3/t21-/m1/s1. The number of rotatable bonds is 6.